The summed E-state index contributed by atoms with van der Waals surface area (Å²) < 4.78 is 0. The van der Waals surface area contributed by atoms with Crippen molar-refractivity contribution in [2.24, 2.45) is 0 Å². The van der Waals surface area contributed by atoms with Crippen LogP contribution in [0.3, 0.4) is 0 Å². The zero-order valence-electron chi connectivity index (χ0n) is 13.2. The number of carbonyl (C=O) groups is 1. The molecule has 4 nitrogen and oxygen atoms in total. The average molecular weight is 297 g/mol. The number of hydrogen-bond acceptors (Lipinski definition) is 3. The van der Waals surface area contributed by atoms with Crippen molar-refractivity contribution in [2.75, 3.05) is 11.9 Å². The van der Waals surface area contributed by atoms with Crippen molar-refractivity contribution >= 4 is 11.7 Å². The first kappa shape index (κ1) is 16.0. The van der Waals surface area contributed by atoms with Crippen molar-refractivity contribution in [2.45, 2.75) is 32.7 Å². The Balaban J connectivity index is 1.98. The minimum Gasteiger partial charge on any atom is -0.370 e. The van der Waals surface area contributed by atoms with E-state index in [0.717, 1.165) is 30.8 Å². The fourth-order valence-electron chi connectivity index (χ4n) is 2.17. The van der Waals surface area contributed by atoms with E-state index in [1.165, 1.54) is 0 Å². The van der Waals surface area contributed by atoms with Gasteiger partial charge in [-0.1, -0.05) is 43.7 Å². The molecule has 0 aliphatic carbocycles. The minimum absolute atomic E-state index is 0.0293. The first-order chi connectivity index (χ1) is 10.7. The van der Waals surface area contributed by atoms with Crippen molar-refractivity contribution in [1.82, 2.24) is 10.3 Å². The SMILES string of the molecule is CCCCNc1cc(C(=O)NC(C)c2ccccc2)ccn1. The van der Waals surface area contributed by atoms with Crippen LogP contribution in [-0.2, 0) is 0 Å². The highest BCUT2D eigenvalue weighted by atomic mass is 16.1. The Kier molecular flexibility index (Phi) is 5.95. The topological polar surface area (TPSA) is 54.0 Å². The molecule has 0 saturated carbocycles. The van der Waals surface area contributed by atoms with Gasteiger partial charge in [0.2, 0.25) is 0 Å². The van der Waals surface area contributed by atoms with Gasteiger partial charge in [-0.2, -0.15) is 0 Å². The van der Waals surface area contributed by atoms with Crippen LogP contribution in [0, 0.1) is 0 Å². The molecule has 1 unspecified atom stereocenters. The number of nitrogens with zero attached hydrogens (tertiary/aromatic N) is 1. The molecule has 0 saturated heterocycles. The Morgan fingerprint density at radius 2 is 2.00 bits per heavy atom. The van der Waals surface area contributed by atoms with E-state index in [0.29, 0.717) is 5.56 Å². The predicted molar refractivity (Wildman–Crippen MR) is 90.0 cm³/mol. The quantitative estimate of drug-likeness (QED) is 0.765. The summed E-state index contributed by atoms with van der Waals surface area (Å²) >= 11 is 0. The van der Waals surface area contributed by atoms with Crippen LogP contribution in [0.25, 0.3) is 0 Å². The molecule has 0 aliphatic heterocycles. The fraction of sp³-hybridized carbons (Fsp3) is 0.333. The Morgan fingerprint density at radius 1 is 1.23 bits per heavy atom. The second kappa shape index (κ2) is 8.17. The van der Waals surface area contributed by atoms with Gasteiger partial charge >= 0.3 is 0 Å². The van der Waals surface area contributed by atoms with E-state index >= 15 is 0 Å². The van der Waals surface area contributed by atoms with Crippen LogP contribution in [0.4, 0.5) is 5.82 Å². The first-order valence-corrected chi connectivity index (χ1v) is 7.76. The Hall–Kier alpha value is -2.36. The second-order valence-electron chi connectivity index (χ2n) is 5.32. The van der Waals surface area contributed by atoms with E-state index < -0.39 is 0 Å². The van der Waals surface area contributed by atoms with E-state index in [1.54, 1.807) is 18.3 Å². The molecule has 0 radical (unpaired) electrons. The molecule has 1 atom stereocenters. The molecule has 1 amide bonds. The number of nitrogens with one attached hydrogen (secondary N) is 2. The molecule has 1 aromatic carbocycles. The number of amides is 1. The Labute approximate surface area is 132 Å². The van der Waals surface area contributed by atoms with Crippen LogP contribution in [0.5, 0.6) is 0 Å². The number of aromatic nitrogens is 1. The van der Waals surface area contributed by atoms with Crippen molar-refractivity contribution in [3.05, 3.63) is 59.8 Å². The van der Waals surface area contributed by atoms with Gasteiger partial charge in [0, 0.05) is 18.3 Å². The summed E-state index contributed by atoms with van der Waals surface area (Å²) in [5.41, 5.74) is 1.71. The van der Waals surface area contributed by atoms with Gasteiger partial charge < -0.3 is 10.6 Å². The molecule has 116 valence electrons. The highest BCUT2D eigenvalue weighted by molar-refractivity contribution is 5.95. The first-order valence-electron chi connectivity index (χ1n) is 7.76. The van der Waals surface area contributed by atoms with Crippen molar-refractivity contribution in [1.29, 1.82) is 0 Å². The maximum absolute atomic E-state index is 12.3. The maximum Gasteiger partial charge on any atom is 0.251 e. The molecular weight excluding hydrogens is 274 g/mol. The highest BCUT2D eigenvalue weighted by Crippen LogP contribution is 2.13. The number of pyridine rings is 1. The summed E-state index contributed by atoms with van der Waals surface area (Å²) in [6.45, 7) is 4.99. The summed E-state index contributed by atoms with van der Waals surface area (Å²) in [5, 5.41) is 6.25. The van der Waals surface area contributed by atoms with Gasteiger partial charge in [0.15, 0.2) is 0 Å². The monoisotopic (exact) mass is 297 g/mol. The number of benzene rings is 1. The summed E-state index contributed by atoms with van der Waals surface area (Å²) in [6.07, 6.45) is 3.88. The average Bonchev–Trinajstić information content (AvgIpc) is 2.56. The van der Waals surface area contributed by atoms with Gasteiger partial charge in [0.05, 0.1) is 6.04 Å². The number of anilines is 1. The molecule has 2 aromatic rings. The van der Waals surface area contributed by atoms with Crippen molar-refractivity contribution in [3.8, 4) is 0 Å². The Morgan fingerprint density at radius 3 is 2.73 bits per heavy atom. The smallest absolute Gasteiger partial charge is 0.251 e. The van der Waals surface area contributed by atoms with Gasteiger partial charge in [0.25, 0.3) is 5.91 Å². The lowest BCUT2D eigenvalue weighted by atomic mass is 10.1. The van der Waals surface area contributed by atoms with Crippen LogP contribution in [0.15, 0.2) is 48.7 Å². The lowest BCUT2D eigenvalue weighted by Gasteiger charge is -2.14. The lowest BCUT2D eigenvalue weighted by molar-refractivity contribution is 0.0940. The molecule has 2 N–H and O–H groups in total. The van der Waals surface area contributed by atoms with Crippen molar-refractivity contribution < 1.29 is 4.79 Å². The molecule has 4 heteroatoms. The van der Waals surface area contributed by atoms with Gasteiger partial charge in [-0.3, -0.25) is 4.79 Å². The lowest BCUT2D eigenvalue weighted by Crippen LogP contribution is -2.26. The molecule has 2 rings (SSSR count). The zero-order chi connectivity index (χ0) is 15.8. The summed E-state index contributed by atoms with van der Waals surface area (Å²) in [7, 11) is 0. The summed E-state index contributed by atoms with van der Waals surface area (Å²) in [5.74, 6) is 0.658. The summed E-state index contributed by atoms with van der Waals surface area (Å²) in [4.78, 5) is 16.6. The molecule has 0 fully saturated rings. The van der Waals surface area contributed by atoms with E-state index in [-0.39, 0.29) is 11.9 Å². The van der Waals surface area contributed by atoms with Gasteiger partial charge in [-0.25, -0.2) is 4.98 Å². The molecular formula is C18H23N3O. The van der Waals surface area contributed by atoms with E-state index in [2.05, 4.69) is 22.5 Å². The molecule has 0 spiro atoms. The second-order valence-corrected chi connectivity index (χ2v) is 5.32. The molecule has 1 aromatic heterocycles. The minimum atomic E-state index is -0.0858. The van der Waals surface area contributed by atoms with Gasteiger partial charge in [-0.05, 0) is 31.0 Å². The fourth-order valence-corrected chi connectivity index (χ4v) is 2.17. The molecule has 0 aliphatic rings. The van der Waals surface area contributed by atoms with Crippen LogP contribution < -0.4 is 10.6 Å². The van der Waals surface area contributed by atoms with Crippen LogP contribution >= 0.6 is 0 Å². The van der Waals surface area contributed by atoms with E-state index in [9.17, 15) is 4.79 Å². The molecule has 22 heavy (non-hydrogen) atoms. The molecule has 0 bridgehead atoms. The number of hydrogen-bond donors (Lipinski definition) is 2. The largest absolute Gasteiger partial charge is 0.370 e. The van der Waals surface area contributed by atoms with Crippen LogP contribution in [0.2, 0.25) is 0 Å². The highest BCUT2D eigenvalue weighted by Gasteiger charge is 2.11. The van der Waals surface area contributed by atoms with E-state index in [1.807, 2.05) is 37.3 Å². The van der Waals surface area contributed by atoms with Crippen LogP contribution in [0.1, 0.15) is 48.7 Å². The van der Waals surface area contributed by atoms with Gasteiger partial charge in [0.1, 0.15) is 5.82 Å². The number of carbonyl (C=O) groups excluding carboxylic acids is 1. The van der Waals surface area contributed by atoms with Crippen LogP contribution in [-0.4, -0.2) is 17.4 Å². The maximum atomic E-state index is 12.3. The predicted octanol–water partition coefficient (Wildman–Crippen LogP) is 3.78. The van der Waals surface area contributed by atoms with Crippen molar-refractivity contribution in [3.63, 3.8) is 0 Å². The normalized spacial score (nSPS) is 11.7. The third-order valence-corrected chi connectivity index (χ3v) is 3.51. The third-order valence-electron chi connectivity index (χ3n) is 3.51. The summed E-state index contributed by atoms with van der Waals surface area (Å²) in [6, 6.07) is 13.4. The Bertz CT molecular complexity index is 598. The number of rotatable bonds is 7. The van der Waals surface area contributed by atoms with E-state index in [4.69, 9.17) is 0 Å². The zero-order valence-corrected chi connectivity index (χ0v) is 13.2. The standard InChI is InChI=1S/C18H23N3O/c1-3-4-11-19-17-13-16(10-12-20-17)18(22)21-14(2)15-8-6-5-7-9-15/h5-10,12-14H,3-4,11H2,1-2H3,(H,19,20)(H,21,22). The molecule has 1 heterocycles. The number of unbranched alkanes of at least 4 members (excludes halogenated alkanes) is 1. The van der Waals surface area contributed by atoms with Gasteiger partial charge in [-0.15, -0.1) is 0 Å². The third kappa shape index (κ3) is 4.58.